The standard InChI is InChI=1S/C61H119NO4/c1-3-5-7-9-11-13-15-17-19-21-23-24-25-26-27-28-29-30-31-32-33-34-35-36-38-40-42-44-46-48-50-52-54-56-60(65)62-58(57-63)61(66)59(64)55-53-51-49-47-45-43-41-39-37-22-20-18-16-14-12-10-8-6-4-2/h26-27,47,49,58-59,61,63-64,66H,3-25,28-46,48,50-57H2,1-2H3,(H,62,65)/b27-26-,49-47+. The Morgan fingerprint density at radius 3 is 0.879 bits per heavy atom. The Balaban J connectivity index is 3.50. The van der Waals surface area contributed by atoms with Crippen LogP contribution in [0.25, 0.3) is 0 Å². The fraction of sp³-hybridized carbons (Fsp3) is 0.918. The van der Waals surface area contributed by atoms with Crippen molar-refractivity contribution in [2.24, 2.45) is 0 Å². The Morgan fingerprint density at radius 2 is 0.606 bits per heavy atom. The van der Waals surface area contributed by atoms with Crippen LogP contribution >= 0.6 is 0 Å². The molecule has 3 atom stereocenters. The third-order valence-corrected chi connectivity index (χ3v) is 14.3. The molecule has 66 heavy (non-hydrogen) atoms. The maximum atomic E-state index is 12.5. The molecule has 0 aliphatic carbocycles. The van der Waals surface area contributed by atoms with Crippen molar-refractivity contribution in [1.82, 2.24) is 5.32 Å². The van der Waals surface area contributed by atoms with Gasteiger partial charge in [-0.3, -0.25) is 4.79 Å². The topological polar surface area (TPSA) is 89.8 Å². The van der Waals surface area contributed by atoms with Gasteiger partial charge in [0.2, 0.25) is 5.91 Å². The number of hydrogen-bond donors (Lipinski definition) is 4. The van der Waals surface area contributed by atoms with E-state index >= 15 is 0 Å². The molecule has 0 aromatic rings. The largest absolute Gasteiger partial charge is 0.394 e. The van der Waals surface area contributed by atoms with Crippen molar-refractivity contribution >= 4 is 5.91 Å². The lowest BCUT2D eigenvalue weighted by Gasteiger charge is -2.26. The zero-order valence-corrected chi connectivity index (χ0v) is 44.9. The monoisotopic (exact) mass is 930 g/mol. The number of rotatable bonds is 56. The van der Waals surface area contributed by atoms with E-state index in [9.17, 15) is 20.1 Å². The van der Waals surface area contributed by atoms with Gasteiger partial charge in [0.1, 0.15) is 6.10 Å². The number of carbonyl (C=O) groups is 1. The molecule has 5 heteroatoms. The number of unbranched alkanes of at least 4 members (excludes halogenated alkanes) is 44. The molecule has 0 aliphatic rings. The fourth-order valence-electron chi connectivity index (χ4n) is 9.63. The average Bonchev–Trinajstić information content (AvgIpc) is 3.32. The van der Waals surface area contributed by atoms with Gasteiger partial charge in [-0.2, -0.15) is 0 Å². The fourth-order valence-corrected chi connectivity index (χ4v) is 9.63. The molecule has 0 aliphatic heterocycles. The maximum Gasteiger partial charge on any atom is 0.220 e. The summed E-state index contributed by atoms with van der Waals surface area (Å²) in [4.78, 5) is 12.5. The summed E-state index contributed by atoms with van der Waals surface area (Å²) >= 11 is 0. The molecule has 0 rings (SSSR count). The molecule has 3 unspecified atom stereocenters. The van der Waals surface area contributed by atoms with Crippen molar-refractivity contribution in [3.63, 3.8) is 0 Å². The van der Waals surface area contributed by atoms with E-state index < -0.39 is 18.2 Å². The van der Waals surface area contributed by atoms with E-state index in [1.807, 2.05) is 0 Å². The summed E-state index contributed by atoms with van der Waals surface area (Å²) in [6, 6.07) is -0.824. The Kier molecular flexibility index (Phi) is 55.4. The molecule has 0 fully saturated rings. The van der Waals surface area contributed by atoms with Gasteiger partial charge in [0, 0.05) is 6.42 Å². The number of aliphatic hydroxyl groups excluding tert-OH is 3. The first-order valence-corrected chi connectivity index (χ1v) is 30.1. The van der Waals surface area contributed by atoms with E-state index in [1.54, 1.807) is 0 Å². The second-order valence-electron chi connectivity index (χ2n) is 20.9. The summed E-state index contributed by atoms with van der Waals surface area (Å²) in [5.74, 6) is -0.148. The Labute approximate surface area is 413 Å². The van der Waals surface area contributed by atoms with Gasteiger partial charge in [-0.15, -0.1) is 0 Å². The zero-order chi connectivity index (χ0) is 47.9. The Morgan fingerprint density at radius 1 is 0.364 bits per heavy atom. The van der Waals surface area contributed by atoms with E-state index in [0.29, 0.717) is 12.8 Å². The first-order valence-electron chi connectivity index (χ1n) is 30.1. The predicted octanol–water partition coefficient (Wildman–Crippen LogP) is 18.8. The molecule has 1 amide bonds. The first kappa shape index (κ1) is 64.8. The van der Waals surface area contributed by atoms with Crippen LogP contribution < -0.4 is 5.32 Å². The molecular weight excluding hydrogens is 811 g/mol. The normalized spacial score (nSPS) is 13.3. The number of aliphatic hydroxyl groups is 3. The highest BCUT2D eigenvalue weighted by molar-refractivity contribution is 5.76. The van der Waals surface area contributed by atoms with Crippen LogP contribution in [0.1, 0.15) is 335 Å². The minimum Gasteiger partial charge on any atom is -0.394 e. The molecule has 4 N–H and O–H groups in total. The highest BCUT2D eigenvalue weighted by atomic mass is 16.3. The van der Waals surface area contributed by atoms with Gasteiger partial charge in [0.05, 0.1) is 18.8 Å². The molecule has 0 radical (unpaired) electrons. The lowest BCUT2D eigenvalue weighted by Crippen LogP contribution is -2.50. The minimum atomic E-state index is -1.16. The van der Waals surface area contributed by atoms with Crippen LogP contribution in [0.2, 0.25) is 0 Å². The predicted molar refractivity (Wildman–Crippen MR) is 292 cm³/mol. The van der Waals surface area contributed by atoms with E-state index in [-0.39, 0.29) is 12.5 Å². The SMILES string of the molecule is CCCCCCCCCCCCCC/C=C\CCCCCCCCCCCCCCCCCCCC(=O)NC(CO)C(O)C(O)CCC/C=C/CCCCCCCCCCCCCCCC. The molecule has 0 heterocycles. The van der Waals surface area contributed by atoms with Crippen LogP contribution in [-0.4, -0.2) is 46.1 Å². The molecule has 392 valence electrons. The van der Waals surface area contributed by atoms with Crippen molar-refractivity contribution in [1.29, 1.82) is 0 Å². The smallest absolute Gasteiger partial charge is 0.220 e. The van der Waals surface area contributed by atoms with Gasteiger partial charge in [-0.1, -0.05) is 289 Å². The molecule has 5 nitrogen and oxygen atoms in total. The summed E-state index contributed by atoms with van der Waals surface area (Å²) in [6.45, 7) is 4.21. The molecule has 0 bridgehead atoms. The summed E-state index contributed by atoms with van der Waals surface area (Å²) in [7, 11) is 0. The lowest BCUT2D eigenvalue weighted by molar-refractivity contribution is -0.124. The minimum absolute atomic E-state index is 0.148. The van der Waals surface area contributed by atoms with Gasteiger partial charge in [0.15, 0.2) is 0 Å². The molecular formula is C61H119NO4. The van der Waals surface area contributed by atoms with E-state index in [1.165, 1.54) is 270 Å². The van der Waals surface area contributed by atoms with E-state index in [0.717, 1.165) is 38.5 Å². The third kappa shape index (κ3) is 50.7. The Bertz CT molecular complexity index is 982. The third-order valence-electron chi connectivity index (χ3n) is 14.3. The van der Waals surface area contributed by atoms with Crippen LogP contribution in [-0.2, 0) is 4.79 Å². The van der Waals surface area contributed by atoms with Crippen molar-refractivity contribution in [3.8, 4) is 0 Å². The van der Waals surface area contributed by atoms with Crippen molar-refractivity contribution in [2.75, 3.05) is 6.61 Å². The first-order chi connectivity index (χ1) is 32.6. The number of allylic oxidation sites excluding steroid dienone is 4. The summed E-state index contributed by atoms with van der Waals surface area (Å²) in [5.41, 5.74) is 0. The van der Waals surface area contributed by atoms with Crippen LogP contribution in [0.4, 0.5) is 0 Å². The van der Waals surface area contributed by atoms with Gasteiger partial charge in [-0.25, -0.2) is 0 Å². The average molecular weight is 931 g/mol. The quantitative estimate of drug-likeness (QED) is 0.0361. The molecule has 0 aromatic heterocycles. The number of carbonyl (C=O) groups excluding carboxylic acids is 1. The van der Waals surface area contributed by atoms with E-state index in [4.69, 9.17) is 0 Å². The van der Waals surface area contributed by atoms with Gasteiger partial charge in [-0.05, 0) is 64.2 Å². The van der Waals surface area contributed by atoms with Crippen LogP contribution in [0.3, 0.4) is 0 Å². The summed E-state index contributed by atoms with van der Waals surface area (Å²) in [5, 5.41) is 33.8. The van der Waals surface area contributed by atoms with Crippen LogP contribution in [0, 0.1) is 0 Å². The Hall–Kier alpha value is -1.17. The lowest BCUT2D eigenvalue weighted by atomic mass is 10.0. The highest BCUT2D eigenvalue weighted by Crippen LogP contribution is 2.18. The van der Waals surface area contributed by atoms with Crippen LogP contribution in [0.5, 0.6) is 0 Å². The maximum absolute atomic E-state index is 12.5. The number of amides is 1. The molecule has 0 saturated heterocycles. The van der Waals surface area contributed by atoms with Gasteiger partial charge >= 0.3 is 0 Å². The summed E-state index contributed by atoms with van der Waals surface area (Å²) < 4.78 is 0. The molecule has 0 saturated carbocycles. The van der Waals surface area contributed by atoms with Crippen molar-refractivity contribution in [2.45, 2.75) is 353 Å². The van der Waals surface area contributed by atoms with Crippen molar-refractivity contribution in [3.05, 3.63) is 24.3 Å². The number of nitrogens with one attached hydrogen (secondary N) is 1. The number of hydrogen-bond acceptors (Lipinski definition) is 4. The molecule has 0 spiro atoms. The van der Waals surface area contributed by atoms with Crippen LogP contribution in [0.15, 0.2) is 24.3 Å². The van der Waals surface area contributed by atoms with Gasteiger partial charge < -0.3 is 20.6 Å². The van der Waals surface area contributed by atoms with Gasteiger partial charge in [0.25, 0.3) is 0 Å². The highest BCUT2D eigenvalue weighted by Gasteiger charge is 2.26. The van der Waals surface area contributed by atoms with E-state index in [2.05, 4.69) is 43.5 Å². The second kappa shape index (κ2) is 56.4. The second-order valence-corrected chi connectivity index (χ2v) is 20.9. The van der Waals surface area contributed by atoms with Crippen molar-refractivity contribution < 1.29 is 20.1 Å². The molecule has 0 aromatic carbocycles. The summed E-state index contributed by atoms with van der Waals surface area (Å²) in [6.07, 6.45) is 72.1. The zero-order valence-electron chi connectivity index (χ0n) is 44.9.